The van der Waals surface area contributed by atoms with Gasteiger partial charge in [-0.3, -0.25) is 14.4 Å². The molecule has 30 heavy (non-hydrogen) atoms. The van der Waals surface area contributed by atoms with E-state index < -0.39 is 18.4 Å². The molecule has 0 aliphatic heterocycles. The number of amides is 1. The molecular formula is C24H29NO4S. The first-order chi connectivity index (χ1) is 14.5. The van der Waals surface area contributed by atoms with Gasteiger partial charge in [0.15, 0.2) is 5.12 Å². The predicted molar refractivity (Wildman–Crippen MR) is 122 cm³/mol. The number of anilines is 1. The first-order valence-corrected chi connectivity index (χ1v) is 11.2. The van der Waals surface area contributed by atoms with Crippen LogP contribution in [0.15, 0.2) is 60.7 Å². The Labute approximate surface area is 182 Å². The summed E-state index contributed by atoms with van der Waals surface area (Å²) in [5, 5.41) is 9.25. The molecule has 160 valence electrons. The van der Waals surface area contributed by atoms with E-state index in [1.165, 1.54) is 17.4 Å². The van der Waals surface area contributed by atoms with Gasteiger partial charge in [-0.25, -0.2) is 0 Å². The number of benzene rings is 2. The third-order valence-electron chi connectivity index (χ3n) is 4.83. The highest BCUT2D eigenvalue weighted by atomic mass is 32.2. The highest BCUT2D eigenvalue weighted by Gasteiger charge is 2.27. The Morgan fingerprint density at radius 1 is 0.933 bits per heavy atom. The number of nitrogens with zero attached hydrogens (tertiary/aromatic N) is 1. The van der Waals surface area contributed by atoms with Gasteiger partial charge in [0.1, 0.15) is 6.54 Å². The minimum atomic E-state index is -1.06. The summed E-state index contributed by atoms with van der Waals surface area (Å²) in [6, 6.07) is 19.1. The number of carboxylic acid groups (broad SMARTS) is 1. The number of thioether (sulfide) groups is 1. The van der Waals surface area contributed by atoms with Crippen molar-refractivity contribution in [3.05, 3.63) is 66.2 Å². The number of carbonyl (C=O) groups excluding carboxylic acids is 2. The molecule has 0 spiro atoms. The molecule has 0 heterocycles. The van der Waals surface area contributed by atoms with E-state index in [-0.39, 0.29) is 11.0 Å². The largest absolute Gasteiger partial charge is 0.480 e. The number of aliphatic carboxylic acids is 1. The molecule has 2 aromatic carbocycles. The molecule has 6 heteroatoms. The van der Waals surface area contributed by atoms with Gasteiger partial charge in [-0.05, 0) is 37.0 Å². The van der Waals surface area contributed by atoms with E-state index in [2.05, 4.69) is 12.1 Å². The molecule has 0 saturated heterocycles. The van der Waals surface area contributed by atoms with Crippen LogP contribution in [0.25, 0.3) is 0 Å². The zero-order chi connectivity index (χ0) is 21.8. The molecule has 0 unspecified atom stereocenters. The van der Waals surface area contributed by atoms with Gasteiger partial charge >= 0.3 is 5.97 Å². The minimum Gasteiger partial charge on any atom is -0.480 e. The van der Waals surface area contributed by atoms with Crippen molar-refractivity contribution in [2.45, 2.75) is 39.0 Å². The van der Waals surface area contributed by atoms with Crippen LogP contribution >= 0.6 is 11.8 Å². The van der Waals surface area contributed by atoms with E-state index in [0.717, 1.165) is 37.4 Å². The van der Waals surface area contributed by atoms with Gasteiger partial charge in [0.25, 0.3) is 0 Å². The van der Waals surface area contributed by atoms with E-state index in [0.29, 0.717) is 17.9 Å². The van der Waals surface area contributed by atoms with Crippen LogP contribution in [0.4, 0.5) is 5.69 Å². The summed E-state index contributed by atoms with van der Waals surface area (Å²) in [5.74, 6) is -1.32. The second-order valence-electron chi connectivity index (χ2n) is 7.24. The van der Waals surface area contributed by atoms with Crippen LogP contribution < -0.4 is 4.90 Å². The van der Waals surface area contributed by atoms with Crippen LogP contribution in [0, 0.1) is 5.92 Å². The highest BCUT2D eigenvalue weighted by molar-refractivity contribution is 8.13. The minimum absolute atomic E-state index is 0.0404. The average molecular weight is 428 g/mol. The van der Waals surface area contributed by atoms with E-state index in [1.54, 1.807) is 24.3 Å². The molecule has 0 bridgehead atoms. The number of aryl methyl sites for hydroxylation is 1. The zero-order valence-electron chi connectivity index (χ0n) is 17.3. The summed E-state index contributed by atoms with van der Waals surface area (Å²) < 4.78 is 0. The SMILES string of the molecule is CC(=O)SC[C@H](CCCCCc1ccccc1)C(=O)N(CC(=O)O)c1ccccc1. The van der Waals surface area contributed by atoms with Gasteiger partial charge in [0, 0.05) is 24.3 Å². The third kappa shape index (κ3) is 8.41. The van der Waals surface area contributed by atoms with Crippen LogP contribution in [-0.4, -0.2) is 34.4 Å². The van der Waals surface area contributed by atoms with Crippen molar-refractivity contribution in [2.75, 3.05) is 17.2 Å². The highest BCUT2D eigenvalue weighted by Crippen LogP contribution is 2.23. The molecule has 0 aliphatic rings. The summed E-state index contributed by atoms with van der Waals surface area (Å²) in [4.78, 5) is 37.4. The van der Waals surface area contributed by atoms with Gasteiger partial charge < -0.3 is 10.0 Å². The van der Waals surface area contributed by atoms with Gasteiger partial charge in [-0.15, -0.1) is 0 Å². The van der Waals surface area contributed by atoms with Gasteiger partial charge in [-0.2, -0.15) is 0 Å². The lowest BCUT2D eigenvalue weighted by Gasteiger charge is -2.26. The van der Waals surface area contributed by atoms with Crippen LogP contribution in [0.5, 0.6) is 0 Å². The Bertz CT molecular complexity index is 810. The van der Waals surface area contributed by atoms with Gasteiger partial charge in [-0.1, -0.05) is 73.1 Å². The predicted octanol–water partition coefficient (Wildman–Crippen LogP) is 4.80. The van der Waals surface area contributed by atoms with E-state index in [9.17, 15) is 19.5 Å². The molecule has 0 radical (unpaired) electrons. The number of para-hydroxylation sites is 1. The van der Waals surface area contributed by atoms with Crippen molar-refractivity contribution < 1.29 is 19.5 Å². The number of carboxylic acids is 1. The fourth-order valence-electron chi connectivity index (χ4n) is 3.30. The van der Waals surface area contributed by atoms with Gasteiger partial charge in [0.05, 0.1) is 0 Å². The molecule has 1 atom stereocenters. The quantitative estimate of drug-likeness (QED) is 0.492. The summed E-state index contributed by atoms with van der Waals surface area (Å²) in [6.07, 6.45) is 4.50. The number of hydrogen-bond acceptors (Lipinski definition) is 4. The Morgan fingerprint density at radius 2 is 1.57 bits per heavy atom. The smallest absolute Gasteiger partial charge is 0.323 e. The van der Waals surface area contributed by atoms with Crippen LogP contribution in [0.1, 0.15) is 38.2 Å². The lowest BCUT2D eigenvalue weighted by Crippen LogP contribution is -2.40. The van der Waals surface area contributed by atoms with E-state index in [1.807, 2.05) is 24.3 Å². The molecule has 2 aromatic rings. The maximum Gasteiger partial charge on any atom is 0.323 e. The van der Waals surface area contributed by atoms with Crippen molar-refractivity contribution in [3.63, 3.8) is 0 Å². The second kappa shape index (κ2) is 12.9. The molecule has 0 saturated carbocycles. The molecule has 5 nitrogen and oxygen atoms in total. The van der Waals surface area contributed by atoms with E-state index in [4.69, 9.17) is 0 Å². The average Bonchev–Trinajstić information content (AvgIpc) is 2.74. The molecule has 0 aromatic heterocycles. The first kappa shape index (κ1) is 23.7. The summed E-state index contributed by atoms with van der Waals surface area (Å²) in [5.41, 5.74) is 1.86. The fraction of sp³-hybridized carbons (Fsp3) is 0.375. The van der Waals surface area contributed by atoms with Crippen LogP contribution in [0.2, 0.25) is 0 Å². The van der Waals surface area contributed by atoms with Crippen LogP contribution in [0.3, 0.4) is 0 Å². The molecular weight excluding hydrogens is 398 g/mol. The standard InChI is InChI=1S/C24H29NO4S/c1-19(26)30-18-21(14-8-3-7-13-20-11-5-2-6-12-20)24(29)25(17-23(27)28)22-15-9-4-10-16-22/h2,4-6,9-12,15-16,21H,3,7-8,13-14,17-18H2,1H3,(H,27,28)/t21-/m0/s1. The fourth-order valence-corrected chi connectivity index (χ4v) is 4.04. The van der Waals surface area contributed by atoms with Crippen molar-refractivity contribution in [1.29, 1.82) is 0 Å². The van der Waals surface area contributed by atoms with Crippen molar-refractivity contribution in [3.8, 4) is 0 Å². The Kier molecular flexibility index (Phi) is 10.1. The number of hydrogen-bond donors (Lipinski definition) is 1. The summed E-state index contributed by atoms with van der Waals surface area (Å²) >= 11 is 1.13. The maximum absolute atomic E-state index is 13.2. The zero-order valence-corrected chi connectivity index (χ0v) is 18.1. The number of rotatable bonds is 12. The Morgan fingerprint density at radius 3 is 2.17 bits per heavy atom. The molecule has 1 N–H and O–H groups in total. The van der Waals surface area contributed by atoms with Crippen molar-refractivity contribution in [1.82, 2.24) is 0 Å². The Balaban J connectivity index is 1.98. The monoisotopic (exact) mass is 427 g/mol. The lowest BCUT2D eigenvalue weighted by atomic mass is 9.99. The van der Waals surface area contributed by atoms with Crippen molar-refractivity contribution in [2.24, 2.45) is 5.92 Å². The van der Waals surface area contributed by atoms with E-state index >= 15 is 0 Å². The van der Waals surface area contributed by atoms with Crippen LogP contribution in [-0.2, 0) is 20.8 Å². The normalized spacial score (nSPS) is 11.6. The molecule has 2 rings (SSSR count). The van der Waals surface area contributed by atoms with Gasteiger partial charge in [0.2, 0.25) is 5.91 Å². The lowest BCUT2D eigenvalue weighted by molar-refractivity contribution is -0.137. The summed E-state index contributed by atoms with van der Waals surface area (Å²) in [7, 11) is 0. The molecule has 0 aliphatic carbocycles. The molecule has 0 fully saturated rings. The second-order valence-corrected chi connectivity index (χ2v) is 8.44. The number of unbranched alkanes of at least 4 members (excludes halogenated alkanes) is 2. The summed E-state index contributed by atoms with van der Waals surface area (Å²) in [6.45, 7) is 1.09. The molecule has 1 amide bonds. The number of carbonyl (C=O) groups is 3. The topological polar surface area (TPSA) is 74.7 Å². The Hall–Kier alpha value is -2.60. The maximum atomic E-state index is 13.2. The third-order valence-corrected chi connectivity index (χ3v) is 5.80. The first-order valence-electron chi connectivity index (χ1n) is 10.2. The van der Waals surface area contributed by atoms with Crippen molar-refractivity contribution >= 4 is 34.4 Å².